The summed E-state index contributed by atoms with van der Waals surface area (Å²) in [6.07, 6.45) is 30.5. The van der Waals surface area contributed by atoms with Crippen molar-refractivity contribution < 1.29 is 43.3 Å². The molecule has 8 atom stereocenters. The zero-order valence-corrected chi connectivity index (χ0v) is 45.1. The van der Waals surface area contributed by atoms with Crippen molar-refractivity contribution in [3.05, 3.63) is 0 Å². The number of hydrogen-bond acceptors (Lipinski definition) is 9. The molecule has 0 bridgehead atoms. The second-order valence-electron chi connectivity index (χ2n) is 21.4. The van der Waals surface area contributed by atoms with Crippen LogP contribution in [-0.4, -0.2) is 71.8 Å². The van der Waals surface area contributed by atoms with E-state index >= 15 is 0 Å². The highest BCUT2D eigenvalue weighted by atomic mass is 16.6. The van der Waals surface area contributed by atoms with Crippen molar-refractivity contribution >= 4 is 30.2 Å². The Bertz CT molecular complexity index is 1290. The van der Waals surface area contributed by atoms with Gasteiger partial charge in [-0.05, 0) is 63.2 Å². The van der Waals surface area contributed by atoms with Crippen LogP contribution in [0.2, 0.25) is 0 Å². The summed E-state index contributed by atoms with van der Waals surface area (Å²) in [7, 11) is 0. The lowest BCUT2D eigenvalue weighted by molar-refractivity contribution is -0.190. The Balaban J connectivity index is 3.28. The fourth-order valence-corrected chi connectivity index (χ4v) is 9.75. The van der Waals surface area contributed by atoms with Gasteiger partial charge in [0.1, 0.15) is 30.4 Å². The van der Waals surface area contributed by atoms with E-state index in [0.717, 1.165) is 103 Å². The molecule has 11 heteroatoms. The Hall–Kier alpha value is -2.69. The number of nitrogens with one attached hydrogen (secondary N) is 2. The lowest BCUT2D eigenvalue weighted by Gasteiger charge is -2.37. The number of cyclic esters (lactones) is 1. The molecule has 0 aromatic carbocycles. The first-order valence-corrected chi connectivity index (χ1v) is 28.6. The summed E-state index contributed by atoms with van der Waals surface area (Å²) in [6, 6.07) is -1.72. The highest BCUT2D eigenvalue weighted by Gasteiger charge is 2.44. The van der Waals surface area contributed by atoms with Crippen molar-refractivity contribution in [2.45, 2.75) is 310 Å². The summed E-state index contributed by atoms with van der Waals surface area (Å²) < 4.78 is 18.1. The maximum Gasteiger partial charge on any atom is 0.328 e. The summed E-state index contributed by atoms with van der Waals surface area (Å²) in [4.78, 5) is 66.5. The Morgan fingerprint density at radius 1 is 0.574 bits per heavy atom. The molecule has 68 heavy (non-hydrogen) atoms. The quantitative estimate of drug-likeness (QED) is 0.0234. The molecule has 0 aliphatic carbocycles. The third-order valence-corrected chi connectivity index (χ3v) is 14.0. The molecule has 3 N–H and O–H groups in total. The Morgan fingerprint density at radius 3 is 1.47 bits per heavy atom. The summed E-state index contributed by atoms with van der Waals surface area (Å²) >= 11 is 0. The summed E-state index contributed by atoms with van der Waals surface area (Å²) in [5.41, 5.74) is 0. The van der Waals surface area contributed by atoms with Crippen molar-refractivity contribution in [1.29, 1.82) is 0 Å². The van der Waals surface area contributed by atoms with Crippen LogP contribution in [0.1, 0.15) is 274 Å². The lowest BCUT2D eigenvalue weighted by Crippen LogP contribution is -2.50. The second-order valence-corrected chi connectivity index (χ2v) is 21.4. The smallest absolute Gasteiger partial charge is 0.328 e. The number of amides is 2. The van der Waals surface area contributed by atoms with Gasteiger partial charge in [-0.15, -0.1) is 0 Å². The first kappa shape index (κ1) is 63.3. The van der Waals surface area contributed by atoms with Crippen LogP contribution in [0.15, 0.2) is 0 Å². The zero-order valence-electron chi connectivity index (χ0n) is 45.1. The molecule has 1 heterocycles. The minimum Gasteiger partial charge on any atom is -0.461 e. The van der Waals surface area contributed by atoms with Crippen LogP contribution >= 0.6 is 0 Å². The zero-order chi connectivity index (χ0) is 50.4. The van der Waals surface area contributed by atoms with E-state index < -0.39 is 54.2 Å². The third kappa shape index (κ3) is 30.1. The van der Waals surface area contributed by atoms with Crippen molar-refractivity contribution in [3.8, 4) is 0 Å². The van der Waals surface area contributed by atoms with Crippen molar-refractivity contribution in [2.24, 2.45) is 23.7 Å². The van der Waals surface area contributed by atoms with E-state index in [4.69, 9.17) is 14.2 Å². The van der Waals surface area contributed by atoms with Crippen molar-refractivity contribution in [1.82, 2.24) is 10.6 Å². The van der Waals surface area contributed by atoms with Crippen LogP contribution in [-0.2, 0) is 38.2 Å². The van der Waals surface area contributed by atoms with Gasteiger partial charge in [0.15, 0.2) is 0 Å². The number of aliphatic hydroxyl groups is 1. The molecule has 1 fully saturated rings. The van der Waals surface area contributed by atoms with E-state index in [-0.39, 0.29) is 36.2 Å². The summed E-state index contributed by atoms with van der Waals surface area (Å²) in [6.45, 7) is 16.7. The van der Waals surface area contributed by atoms with Crippen LogP contribution in [0.25, 0.3) is 0 Å². The maximum absolute atomic E-state index is 14.5. The van der Waals surface area contributed by atoms with Crippen LogP contribution < -0.4 is 10.6 Å². The Morgan fingerprint density at radius 2 is 0.985 bits per heavy atom. The normalized spacial score (nSPS) is 17.4. The predicted molar refractivity (Wildman–Crippen MR) is 277 cm³/mol. The molecule has 0 radical (unpaired) electrons. The van der Waals surface area contributed by atoms with Gasteiger partial charge in [0.05, 0.1) is 17.9 Å². The molecule has 0 aromatic rings. The fourth-order valence-electron chi connectivity index (χ4n) is 9.75. The maximum atomic E-state index is 14.5. The average molecular weight is 963 g/mol. The minimum absolute atomic E-state index is 0.0653. The van der Waals surface area contributed by atoms with Crippen molar-refractivity contribution in [2.75, 3.05) is 0 Å². The molecule has 0 spiro atoms. The van der Waals surface area contributed by atoms with Crippen LogP contribution in [0.4, 0.5) is 0 Å². The van der Waals surface area contributed by atoms with Crippen LogP contribution in [0.3, 0.4) is 0 Å². The number of hydrogen-bond donors (Lipinski definition) is 3. The molecule has 2 amide bonds. The van der Waals surface area contributed by atoms with Gasteiger partial charge in [0.25, 0.3) is 0 Å². The summed E-state index contributed by atoms with van der Waals surface area (Å²) in [5, 5.41) is 17.7. The SMILES string of the molecule is CCCCCCCCCCC[C@@H](C[C@H](O)C(CCCCCC)C(=O)N[C@@H](CC(C)C)C(=O)O[C@@H](CCCCCCCCCCC)C[C@@H]1OC(=O)[C@H]1CCCCCC)OC(=O)C(CC(C)C)NC=O. The van der Waals surface area contributed by atoms with Gasteiger partial charge in [-0.25, -0.2) is 9.59 Å². The molecule has 0 aromatic heterocycles. The van der Waals surface area contributed by atoms with Crippen LogP contribution in [0, 0.1) is 23.7 Å². The number of esters is 3. The molecule has 1 aliphatic heterocycles. The van der Waals surface area contributed by atoms with E-state index in [1.54, 1.807) is 0 Å². The van der Waals surface area contributed by atoms with Crippen molar-refractivity contribution in [3.63, 3.8) is 0 Å². The van der Waals surface area contributed by atoms with Gasteiger partial charge in [-0.1, -0.05) is 209 Å². The van der Waals surface area contributed by atoms with Gasteiger partial charge in [-0.3, -0.25) is 14.4 Å². The first-order valence-electron chi connectivity index (χ1n) is 28.6. The number of ether oxygens (including phenoxy) is 3. The summed E-state index contributed by atoms with van der Waals surface area (Å²) in [5.74, 6) is -2.39. The molecule has 11 nitrogen and oxygen atoms in total. The van der Waals surface area contributed by atoms with Gasteiger partial charge < -0.3 is 30.0 Å². The standard InChI is InChI=1S/C57H106N2O9/c1-9-13-17-21-23-25-27-29-31-35-46(66-56(64)50(58-43-60)39-44(5)6)41-52(61)48(37-33-19-15-11-3)54(62)59-51(40-45(7)8)57(65)67-47(36-32-30-28-26-24-22-18-14-10-2)42-53-49(55(63)68-53)38-34-20-16-12-4/h43-53,61H,9-42H2,1-8H3,(H,58,60)(H,59,62)/t46-,47-,48?,49-,50?,51-,52-,53-/m0/s1. The largest absolute Gasteiger partial charge is 0.461 e. The van der Waals surface area contributed by atoms with Gasteiger partial charge >= 0.3 is 17.9 Å². The molecule has 1 saturated heterocycles. The number of rotatable bonds is 47. The molecule has 2 unspecified atom stereocenters. The lowest BCUT2D eigenvalue weighted by atomic mass is 9.86. The topological polar surface area (TPSA) is 157 Å². The van der Waals surface area contributed by atoms with Gasteiger partial charge in [0.2, 0.25) is 12.3 Å². The van der Waals surface area contributed by atoms with Gasteiger partial charge in [-0.2, -0.15) is 0 Å². The van der Waals surface area contributed by atoms with Gasteiger partial charge in [0, 0.05) is 12.8 Å². The number of carbonyl (C=O) groups excluding carboxylic acids is 5. The predicted octanol–water partition coefficient (Wildman–Crippen LogP) is 13.6. The van der Waals surface area contributed by atoms with E-state index in [9.17, 15) is 29.1 Å². The molecule has 1 aliphatic rings. The number of carbonyl (C=O) groups is 5. The average Bonchev–Trinajstić information content (AvgIpc) is 3.29. The van der Waals surface area contributed by atoms with Crippen LogP contribution in [0.5, 0.6) is 0 Å². The third-order valence-electron chi connectivity index (χ3n) is 14.0. The minimum atomic E-state index is -1.13. The first-order chi connectivity index (χ1) is 32.8. The molecular formula is C57H106N2O9. The highest BCUT2D eigenvalue weighted by molar-refractivity contribution is 5.86. The van der Waals surface area contributed by atoms with E-state index in [2.05, 4.69) is 38.3 Å². The second kappa shape index (κ2) is 41.0. The van der Waals surface area contributed by atoms with E-state index in [1.807, 2.05) is 27.7 Å². The number of aliphatic hydroxyl groups excluding tert-OH is 1. The highest BCUT2D eigenvalue weighted by Crippen LogP contribution is 2.33. The molecule has 398 valence electrons. The Kier molecular flexibility index (Phi) is 38.2. The van der Waals surface area contributed by atoms with E-state index in [0.29, 0.717) is 44.9 Å². The van der Waals surface area contributed by atoms with E-state index in [1.165, 1.54) is 70.6 Å². The monoisotopic (exact) mass is 963 g/mol. The number of unbranched alkanes of at least 4 members (excludes halogenated alkanes) is 22. The molecule has 0 saturated carbocycles. The molecular weight excluding hydrogens is 857 g/mol. The fraction of sp³-hybridized carbons (Fsp3) is 0.912. The molecule has 1 rings (SSSR count). The Labute approximate surface area is 416 Å².